The smallest absolute Gasteiger partial charge is 0.254 e. The molecule has 5 heteroatoms. The van der Waals surface area contributed by atoms with Crippen molar-refractivity contribution < 1.29 is 13.6 Å². The first-order chi connectivity index (χ1) is 6.55. The van der Waals surface area contributed by atoms with Gasteiger partial charge in [-0.1, -0.05) is 15.9 Å². The number of rotatable bonds is 3. The molecule has 0 spiro atoms. The third kappa shape index (κ3) is 1.66. The van der Waals surface area contributed by atoms with E-state index in [0.717, 1.165) is 0 Å². The van der Waals surface area contributed by atoms with E-state index < -0.39 is 17.8 Å². The number of hydrogen-bond donors (Lipinski definition) is 1. The second kappa shape index (κ2) is 3.43. The van der Waals surface area contributed by atoms with E-state index in [1.54, 1.807) is 0 Å². The molecular weight excluding hydrogens is 256 g/mol. The molecule has 2 saturated carbocycles. The second-order valence-corrected chi connectivity index (χ2v) is 4.86. The fourth-order valence-electron chi connectivity index (χ4n) is 2.32. The molecule has 2 nitrogen and oxygen atoms in total. The van der Waals surface area contributed by atoms with Gasteiger partial charge < -0.3 is 5.32 Å². The topological polar surface area (TPSA) is 29.1 Å². The molecule has 2 aliphatic rings. The number of nitrogens with one attached hydrogen (secondary N) is 1. The zero-order valence-corrected chi connectivity index (χ0v) is 9.19. The minimum Gasteiger partial charge on any atom is -0.353 e. The average Bonchev–Trinajstić information content (AvgIpc) is 2.49. The molecule has 2 fully saturated rings. The average molecular weight is 268 g/mol. The number of fused-ring (bicyclic) bond motifs is 1. The Kier molecular flexibility index (Phi) is 2.53. The quantitative estimate of drug-likeness (QED) is 0.778. The van der Waals surface area contributed by atoms with E-state index in [2.05, 4.69) is 21.2 Å². The molecule has 14 heavy (non-hydrogen) atoms. The Labute approximate surface area is 89.6 Å². The molecule has 1 N–H and O–H groups in total. The van der Waals surface area contributed by atoms with Gasteiger partial charge in [0, 0.05) is 29.6 Å². The summed E-state index contributed by atoms with van der Waals surface area (Å²) in [5, 5.41) is 3.40. The van der Waals surface area contributed by atoms with Crippen molar-refractivity contribution in [3.8, 4) is 0 Å². The maximum absolute atomic E-state index is 12.8. The number of carbonyl (C=O) groups is 1. The monoisotopic (exact) mass is 267 g/mol. The minimum atomic E-state index is -2.43. The van der Waals surface area contributed by atoms with Gasteiger partial charge in [-0.15, -0.1) is 0 Å². The Morgan fingerprint density at radius 2 is 2.00 bits per heavy atom. The third-order valence-electron chi connectivity index (χ3n) is 3.13. The predicted molar refractivity (Wildman–Crippen MR) is 51.5 cm³/mol. The van der Waals surface area contributed by atoms with E-state index in [-0.39, 0.29) is 11.9 Å². The molecule has 2 rings (SSSR count). The fraction of sp³-hybridized carbons (Fsp3) is 0.889. The second-order valence-electron chi connectivity index (χ2n) is 4.06. The van der Waals surface area contributed by atoms with Crippen molar-refractivity contribution in [3.05, 3.63) is 0 Å². The first-order valence-corrected chi connectivity index (χ1v) is 5.91. The summed E-state index contributed by atoms with van der Waals surface area (Å²) >= 11 is 3.16. The number of amides is 1. The van der Waals surface area contributed by atoms with Gasteiger partial charge in [0.1, 0.15) is 0 Å². The summed E-state index contributed by atoms with van der Waals surface area (Å²) < 4.78 is 25.6. The number of halogens is 3. The molecule has 2 atom stereocenters. The number of carbonyl (C=O) groups excluding carboxylic acids is 1. The SMILES string of the molecule is O=C(CCBr)NC1CC2C(C1)C2(F)F. The molecular formula is C9H12BrF2NO. The van der Waals surface area contributed by atoms with Crippen LogP contribution in [-0.2, 0) is 4.79 Å². The van der Waals surface area contributed by atoms with Gasteiger partial charge in [0.05, 0.1) is 0 Å². The first-order valence-electron chi connectivity index (χ1n) is 4.79. The van der Waals surface area contributed by atoms with E-state index in [1.165, 1.54) is 0 Å². The minimum absolute atomic E-state index is 0.0174. The van der Waals surface area contributed by atoms with Gasteiger partial charge in [-0.3, -0.25) is 4.79 Å². The summed E-state index contributed by atoms with van der Waals surface area (Å²) in [5.41, 5.74) is 0. The van der Waals surface area contributed by atoms with Crippen LogP contribution in [0.2, 0.25) is 0 Å². The normalized spacial score (nSPS) is 37.8. The van der Waals surface area contributed by atoms with Crippen LogP contribution in [0.3, 0.4) is 0 Å². The van der Waals surface area contributed by atoms with Crippen LogP contribution in [-0.4, -0.2) is 23.2 Å². The van der Waals surface area contributed by atoms with Crippen LogP contribution in [0.25, 0.3) is 0 Å². The van der Waals surface area contributed by atoms with Gasteiger partial charge in [0.15, 0.2) is 0 Å². The van der Waals surface area contributed by atoms with Crippen molar-refractivity contribution >= 4 is 21.8 Å². The summed E-state index contributed by atoms with van der Waals surface area (Å²) in [6.07, 6.45) is 1.32. The van der Waals surface area contributed by atoms with Gasteiger partial charge in [0.25, 0.3) is 5.92 Å². The Balaban J connectivity index is 1.75. The largest absolute Gasteiger partial charge is 0.353 e. The Bertz CT molecular complexity index is 245. The molecule has 0 heterocycles. The molecule has 0 bridgehead atoms. The highest BCUT2D eigenvalue weighted by atomic mass is 79.9. The van der Waals surface area contributed by atoms with Crippen molar-refractivity contribution in [2.75, 3.05) is 5.33 Å². The van der Waals surface area contributed by atoms with Crippen LogP contribution in [0.1, 0.15) is 19.3 Å². The van der Waals surface area contributed by atoms with E-state index >= 15 is 0 Å². The summed E-state index contributed by atoms with van der Waals surface area (Å²) in [4.78, 5) is 11.2. The van der Waals surface area contributed by atoms with Gasteiger partial charge in [0.2, 0.25) is 5.91 Å². The Hall–Kier alpha value is -0.190. The highest BCUT2D eigenvalue weighted by molar-refractivity contribution is 9.09. The molecule has 2 aliphatic carbocycles. The zero-order chi connectivity index (χ0) is 10.3. The van der Waals surface area contributed by atoms with Crippen LogP contribution in [0.4, 0.5) is 8.78 Å². The lowest BCUT2D eigenvalue weighted by atomic mass is 10.1. The molecule has 2 unspecified atom stereocenters. The van der Waals surface area contributed by atoms with Gasteiger partial charge >= 0.3 is 0 Å². The molecule has 0 aromatic carbocycles. The number of alkyl halides is 3. The summed E-state index contributed by atoms with van der Waals surface area (Å²) in [6, 6.07) is -0.0174. The molecule has 0 aromatic rings. The maximum Gasteiger partial charge on any atom is 0.254 e. The Morgan fingerprint density at radius 1 is 1.43 bits per heavy atom. The van der Waals surface area contributed by atoms with E-state index in [0.29, 0.717) is 24.6 Å². The van der Waals surface area contributed by atoms with Crippen LogP contribution in [0, 0.1) is 11.8 Å². The third-order valence-corrected chi connectivity index (χ3v) is 3.53. The van der Waals surface area contributed by atoms with Crippen molar-refractivity contribution in [1.29, 1.82) is 0 Å². The van der Waals surface area contributed by atoms with Crippen molar-refractivity contribution in [2.45, 2.75) is 31.2 Å². The molecule has 0 aromatic heterocycles. The van der Waals surface area contributed by atoms with Crippen LogP contribution >= 0.6 is 15.9 Å². The lowest BCUT2D eigenvalue weighted by Crippen LogP contribution is -2.35. The van der Waals surface area contributed by atoms with E-state index in [1.807, 2.05) is 0 Å². The lowest BCUT2D eigenvalue weighted by molar-refractivity contribution is -0.121. The molecule has 1 amide bonds. The Morgan fingerprint density at radius 3 is 2.50 bits per heavy atom. The maximum atomic E-state index is 12.8. The zero-order valence-electron chi connectivity index (χ0n) is 7.60. The fourth-order valence-corrected chi connectivity index (χ4v) is 2.68. The standard InChI is InChI=1S/C9H12BrF2NO/c10-2-1-8(14)13-5-3-6-7(4-5)9(6,11)12/h5-7H,1-4H2,(H,13,14). The van der Waals surface area contributed by atoms with Crippen LogP contribution < -0.4 is 5.32 Å². The molecule has 0 saturated heterocycles. The van der Waals surface area contributed by atoms with Gasteiger partial charge in [-0.25, -0.2) is 8.78 Å². The highest BCUT2D eigenvalue weighted by Crippen LogP contribution is 2.63. The van der Waals surface area contributed by atoms with Gasteiger partial charge in [-0.05, 0) is 12.8 Å². The summed E-state index contributed by atoms with van der Waals surface area (Å²) in [5.74, 6) is -3.40. The number of hydrogen-bond acceptors (Lipinski definition) is 1. The first kappa shape index (κ1) is 10.3. The summed E-state index contributed by atoms with van der Waals surface area (Å²) in [6.45, 7) is 0. The molecule has 0 aliphatic heterocycles. The van der Waals surface area contributed by atoms with Gasteiger partial charge in [-0.2, -0.15) is 0 Å². The van der Waals surface area contributed by atoms with Crippen LogP contribution in [0.5, 0.6) is 0 Å². The highest BCUT2D eigenvalue weighted by Gasteiger charge is 2.71. The predicted octanol–water partition coefficient (Wildman–Crippen LogP) is 1.93. The van der Waals surface area contributed by atoms with Crippen molar-refractivity contribution in [3.63, 3.8) is 0 Å². The van der Waals surface area contributed by atoms with Crippen molar-refractivity contribution in [2.24, 2.45) is 11.8 Å². The van der Waals surface area contributed by atoms with Crippen molar-refractivity contribution in [1.82, 2.24) is 5.32 Å². The molecule has 80 valence electrons. The van der Waals surface area contributed by atoms with Crippen LogP contribution in [0.15, 0.2) is 0 Å². The summed E-state index contributed by atoms with van der Waals surface area (Å²) in [7, 11) is 0. The lowest BCUT2D eigenvalue weighted by Gasteiger charge is -2.15. The van der Waals surface area contributed by atoms with E-state index in [9.17, 15) is 13.6 Å². The molecule has 0 radical (unpaired) electrons. The van der Waals surface area contributed by atoms with E-state index in [4.69, 9.17) is 0 Å².